The lowest BCUT2D eigenvalue weighted by Gasteiger charge is -2.20. The van der Waals surface area contributed by atoms with Gasteiger partial charge < -0.3 is 11.2 Å². The van der Waals surface area contributed by atoms with Gasteiger partial charge in [0.05, 0.1) is 5.75 Å². The summed E-state index contributed by atoms with van der Waals surface area (Å²) in [4.78, 5) is 11.8. The van der Waals surface area contributed by atoms with Crippen molar-refractivity contribution >= 4 is 17.7 Å². The molecule has 0 radical (unpaired) electrons. The maximum Gasteiger partial charge on any atom is 0.230 e. The predicted molar refractivity (Wildman–Crippen MR) is 84.6 cm³/mol. The minimum atomic E-state index is 0.0107. The van der Waals surface area contributed by atoms with E-state index in [0.29, 0.717) is 16.8 Å². The van der Waals surface area contributed by atoms with Gasteiger partial charge in [-0.15, -0.1) is 10.2 Å². The van der Waals surface area contributed by atoms with Crippen molar-refractivity contribution in [1.82, 2.24) is 20.2 Å². The van der Waals surface area contributed by atoms with Crippen molar-refractivity contribution in [2.45, 2.75) is 69.5 Å². The van der Waals surface area contributed by atoms with Crippen molar-refractivity contribution in [2.24, 2.45) is 0 Å². The summed E-state index contributed by atoms with van der Waals surface area (Å²) in [5.74, 6) is 7.70. The summed E-state index contributed by atoms with van der Waals surface area (Å²) < 4.78 is 1.57. The van der Waals surface area contributed by atoms with Crippen molar-refractivity contribution in [3.63, 3.8) is 0 Å². The Balaban J connectivity index is 1.89. The van der Waals surface area contributed by atoms with E-state index in [1.807, 2.05) is 13.8 Å². The molecule has 0 aromatic carbocycles. The molecular formula is C14H25N5OS. The number of nitrogens with one attached hydrogen (secondary N) is 1. The van der Waals surface area contributed by atoms with E-state index < -0.39 is 0 Å². The zero-order valence-corrected chi connectivity index (χ0v) is 13.7. The van der Waals surface area contributed by atoms with Gasteiger partial charge in [-0.2, -0.15) is 0 Å². The highest BCUT2D eigenvalue weighted by Gasteiger charge is 2.22. The number of carbonyl (C=O) groups is 1. The summed E-state index contributed by atoms with van der Waals surface area (Å²) in [5.41, 5.74) is 0. The second kappa shape index (κ2) is 7.68. The van der Waals surface area contributed by atoms with Crippen LogP contribution in [0.15, 0.2) is 5.16 Å². The van der Waals surface area contributed by atoms with Gasteiger partial charge in [-0.3, -0.25) is 4.79 Å². The monoisotopic (exact) mass is 311 g/mol. The van der Waals surface area contributed by atoms with Gasteiger partial charge in [0.15, 0.2) is 5.82 Å². The standard InChI is InChI=1S/C14H25N5OS/c1-3-10(2)16-12(20)9-21-14-18-17-13(19(14)15)11-7-5-4-6-8-11/h10-11H,3-9,15H2,1-2H3,(H,16,20). The number of thioether (sulfide) groups is 1. The van der Waals surface area contributed by atoms with Gasteiger partial charge >= 0.3 is 0 Å². The fraction of sp³-hybridized carbons (Fsp3) is 0.786. The molecule has 1 aliphatic carbocycles. The summed E-state index contributed by atoms with van der Waals surface area (Å²) in [6.07, 6.45) is 6.96. The second-order valence-electron chi connectivity index (χ2n) is 5.71. The Hall–Kier alpha value is -1.24. The van der Waals surface area contributed by atoms with Crippen molar-refractivity contribution in [3.8, 4) is 0 Å². The molecule has 1 amide bonds. The van der Waals surface area contributed by atoms with Gasteiger partial charge in [0.1, 0.15) is 0 Å². The normalized spacial score (nSPS) is 17.6. The van der Waals surface area contributed by atoms with Crippen molar-refractivity contribution in [3.05, 3.63) is 5.82 Å². The first kappa shape index (κ1) is 16.1. The van der Waals surface area contributed by atoms with E-state index in [4.69, 9.17) is 5.84 Å². The van der Waals surface area contributed by atoms with Crippen LogP contribution in [0, 0.1) is 0 Å². The third-order valence-electron chi connectivity index (χ3n) is 4.01. The largest absolute Gasteiger partial charge is 0.353 e. The molecule has 1 unspecified atom stereocenters. The van der Waals surface area contributed by atoms with E-state index in [9.17, 15) is 4.79 Å². The van der Waals surface area contributed by atoms with Crippen LogP contribution in [-0.4, -0.2) is 32.6 Å². The Morgan fingerprint density at radius 3 is 2.81 bits per heavy atom. The van der Waals surface area contributed by atoms with Crippen LogP contribution in [0.3, 0.4) is 0 Å². The first-order valence-corrected chi connectivity index (χ1v) is 8.73. The lowest BCUT2D eigenvalue weighted by molar-refractivity contribution is -0.119. The van der Waals surface area contributed by atoms with Gasteiger partial charge in [-0.25, -0.2) is 4.68 Å². The van der Waals surface area contributed by atoms with Crippen molar-refractivity contribution < 1.29 is 4.79 Å². The molecular weight excluding hydrogens is 286 g/mol. The minimum absolute atomic E-state index is 0.0107. The molecule has 0 bridgehead atoms. The van der Waals surface area contributed by atoms with Crippen molar-refractivity contribution in [1.29, 1.82) is 0 Å². The van der Waals surface area contributed by atoms with Crippen LogP contribution >= 0.6 is 11.8 Å². The Bertz CT molecular complexity index is 470. The van der Waals surface area contributed by atoms with Gasteiger partial charge in [0.2, 0.25) is 11.1 Å². The molecule has 2 rings (SSSR count). The number of hydrogen-bond acceptors (Lipinski definition) is 5. The van der Waals surface area contributed by atoms with E-state index >= 15 is 0 Å². The van der Waals surface area contributed by atoms with Gasteiger partial charge in [-0.1, -0.05) is 37.9 Å². The summed E-state index contributed by atoms with van der Waals surface area (Å²) in [7, 11) is 0. The van der Waals surface area contributed by atoms with E-state index in [1.54, 1.807) is 4.68 Å². The van der Waals surface area contributed by atoms with Gasteiger partial charge in [-0.05, 0) is 26.2 Å². The summed E-state index contributed by atoms with van der Waals surface area (Å²) in [6, 6.07) is 0.201. The lowest BCUT2D eigenvalue weighted by atomic mass is 9.89. The molecule has 0 saturated heterocycles. The summed E-state index contributed by atoms with van der Waals surface area (Å²) in [6.45, 7) is 4.04. The van der Waals surface area contributed by atoms with Crippen molar-refractivity contribution in [2.75, 3.05) is 11.6 Å². The molecule has 6 nitrogen and oxygen atoms in total. The zero-order valence-electron chi connectivity index (χ0n) is 12.8. The number of aromatic nitrogens is 3. The molecule has 1 aliphatic rings. The molecule has 1 heterocycles. The lowest BCUT2D eigenvalue weighted by Crippen LogP contribution is -2.33. The van der Waals surface area contributed by atoms with Crippen LogP contribution in [0.1, 0.15) is 64.1 Å². The first-order valence-electron chi connectivity index (χ1n) is 7.74. The zero-order chi connectivity index (χ0) is 15.2. The van der Waals surface area contributed by atoms with Crippen LogP contribution < -0.4 is 11.2 Å². The summed E-state index contributed by atoms with van der Waals surface area (Å²) in [5, 5.41) is 11.9. The highest BCUT2D eigenvalue weighted by atomic mass is 32.2. The van der Waals surface area contributed by atoms with Crippen LogP contribution in [-0.2, 0) is 4.79 Å². The molecule has 1 atom stereocenters. The van der Waals surface area contributed by atoms with Crippen LogP contribution in [0.4, 0.5) is 0 Å². The van der Waals surface area contributed by atoms with Crippen LogP contribution in [0.5, 0.6) is 0 Å². The molecule has 118 valence electrons. The highest BCUT2D eigenvalue weighted by molar-refractivity contribution is 7.99. The maximum absolute atomic E-state index is 11.8. The Labute approximate surface area is 130 Å². The first-order chi connectivity index (χ1) is 10.1. The number of amides is 1. The average molecular weight is 311 g/mol. The third kappa shape index (κ3) is 4.36. The molecule has 1 aromatic rings. The number of nitrogen functional groups attached to an aromatic ring is 1. The third-order valence-corrected chi connectivity index (χ3v) is 4.96. The SMILES string of the molecule is CCC(C)NC(=O)CSc1nnc(C2CCCCC2)n1N. The highest BCUT2D eigenvalue weighted by Crippen LogP contribution is 2.32. The molecule has 1 aromatic heterocycles. The van der Waals surface area contributed by atoms with E-state index in [1.165, 1.54) is 31.0 Å². The second-order valence-corrected chi connectivity index (χ2v) is 6.65. The van der Waals surface area contributed by atoms with Gasteiger partial charge in [0.25, 0.3) is 0 Å². The van der Waals surface area contributed by atoms with E-state index in [-0.39, 0.29) is 11.9 Å². The molecule has 0 aliphatic heterocycles. The number of nitrogens with zero attached hydrogens (tertiary/aromatic N) is 3. The molecule has 0 spiro atoms. The molecule has 21 heavy (non-hydrogen) atoms. The average Bonchev–Trinajstić information content (AvgIpc) is 2.87. The quantitative estimate of drug-likeness (QED) is 0.620. The number of nitrogens with two attached hydrogens (primary N) is 1. The van der Waals surface area contributed by atoms with Gasteiger partial charge in [0, 0.05) is 12.0 Å². The fourth-order valence-corrected chi connectivity index (χ4v) is 3.25. The van der Waals surface area contributed by atoms with E-state index in [0.717, 1.165) is 25.1 Å². The predicted octanol–water partition coefficient (Wildman–Crippen LogP) is 2.05. The Morgan fingerprint density at radius 1 is 1.43 bits per heavy atom. The van der Waals surface area contributed by atoms with Crippen LogP contribution in [0.25, 0.3) is 0 Å². The number of rotatable bonds is 6. The molecule has 3 N–H and O–H groups in total. The molecule has 7 heteroatoms. The summed E-state index contributed by atoms with van der Waals surface area (Å²) >= 11 is 1.34. The minimum Gasteiger partial charge on any atom is -0.353 e. The number of hydrogen-bond donors (Lipinski definition) is 2. The molecule has 1 saturated carbocycles. The van der Waals surface area contributed by atoms with Crippen LogP contribution in [0.2, 0.25) is 0 Å². The Morgan fingerprint density at radius 2 is 2.14 bits per heavy atom. The fourth-order valence-electron chi connectivity index (χ4n) is 2.57. The smallest absolute Gasteiger partial charge is 0.230 e. The van der Waals surface area contributed by atoms with E-state index in [2.05, 4.69) is 15.5 Å². The Kier molecular flexibility index (Phi) is 5.90. The molecule has 1 fully saturated rings. The maximum atomic E-state index is 11.8. The topological polar surface area (TPSA) is 85.8 Å². The number of carbonyl (C=O) groups excluding carboxylic acids is 1.